The van der Waals surface area contributed by atoms with E-state index in [2.05, 4.69) is 5.32 Å². The van der Waals surface area contributed by atoms with Gasteiger partial charge >= 0.3 is 0 Å². The molecule has 1 aliphatic heterocycles. The quantitative estimate of drug-likeness (QED) is 0.651. The molecule has 0 aromatic heterocycles. The molecule has 1 amide bonds. The Hall–Kier alpha value is -3.47. The van der Waals surface area contributed by atoms with Crippen molar-refractivity contribution in [1.29, 1.82) is 0 Å². The zero-order valence-corrected chi connectivity index (χ0v) is 14.2. The standard InChI is InChI=1S/C21H18N2O3/c1-13-5-4-6-14(11-13)23-20(17-10-9-15(24)12-19(17)25)22-18-8-3-2-7-16(18)21(23)26/h2-12,20,22,24-25H,1H3/t20-/m0/s1. The van der Waals surface area contributed by atoms with E-state index in [4.69, 9.17) is 0 Å². The van der Waals surface area contributed by atoms with Crippen LogP contribution in [-0.4, -0.2) is 16.1 Å². The lowest BCUT2D eigenvalue weighted by molar-refractivity contribution is 0.0974. The number of benzene rings is 3. The van der Waals surface area contributed by atoms with Crippen LogP contribution in [0, 0.1) is 6.92 Å². The second-order valence-corrected chi connectivity index (χ2v) is 6.35. The van der Waals surface area contributed by atoms with Gasteiger partial charge in [0.05, 0.1) is 5.56 Å². The van der Waals surface area contributed by atoms with Crippen LogP contribution in [0.4, 0.5) is 11.4 Å². The maximum atomic E-state index is 13.2. The molecule has 1 heterocycles. The van der Waals surface area contributed by atoms with Crippen molar-refractivity contribution in [3.63, 3.8) is 0 Å². The van der Waals surface area contributed by atoms with E-state index in [1.54, 1.807) is 17.0 Å². The zero-order valence-electron chi connectivity index (χ0n) is 14.2. The average Bonchev–Trinajstić information content (AvgIpc) is 2.62. The summed E-state index contributed by atoms with van der Waals surface area (Å²) in [4.78, 5) is 14.9. The fourth-order valence-corrected chi connectivity index (χ4v) is 3.28. The number of anilines is 2. The highest BCUT2D eigenvalue weighted by molar-refractivity contribution is 6.12. The van der Waals surface area contributed by atoms with E-state index >= 15 is 0 Å². The van der Waals surface area contributed by atoms with E-state index in [0.29, 0.717) is 16.8 Å². The molecule has 3 N–H and O–H groups in total. The molecule has 130 valence electrons. The summed E-state index contributed by atoms with van der Waals surface area (Å²) in [7, 11) is 0. The summed E-state index contributed by atoms with van der Waals surface area (Å²) >= 11 is 0. The lowest BCUT2D eigenvalue weighted by atomic mass is 10.0. The number of aromatic hydroxyl groups is 2. The molecule has 0 unspecified atom stereocenters. The molecular weight excluding hydrogens is 328 g/mol. The normalized spacial score (nSPS) is 16.1. The minimum absolute atomic E-state index is 0.0316. The van der Waals surface area contributed by atoms with Gasteiger partial charge in [-0.2, -0.15) is 0 Å². The minimum Gasteiger partial charge on any atom is -0.508 e. The number of nitrogens with zero attached hydrogens (tertiary/aromatic N) is 1. The molecule has 3 aromatic rings. The number of hydrogen-bond acceptors (Lipinski definition) is 4. The lowest BCUT2D eigenvalue weighted by Crippen LogP contribution is -2.43. The summed E-state index contributed by atoms with van der Waals surface area (Å²) in [6.45, 7) is 1.96. The maximum absolute atomic E-state index is 13.2. The van der Waals surface area contributed by atoms with Crippen molar-refractivity contribution in [2.75, 3.05) is 10.2 Å². The second-order valence-electron chi connectivity index (χ2n) is 6.35. The molecule has 0 saturated heterocycles. The molecule has 4 rings (SSSR count). The van der Waals surface area contributed by atoms with Crippen LogP contribution in [0.2, 0.25) is 0 Å². The van der Waals surface area contributed by atoms with Crippen LogP contribution < -0.4 is 10.2 Å². The van der Waals surface area contributed by atoms with Gasteiger partial charge in [-0.3, -0.25) is 9.69 Å². The molecule has 3 aromatic carbocycles. The molecule has 26 heavy (non-hydrogen) atoms. The Morgan fingerprint density at radius 1 is 0.962 bits per heavy atom. The highest BCUT2D eigenvalue weighted by Crippen LogP contribution is 2.40. The van der Waals surface area contributed by atoms with Gasteiger partial charge in [0.15, 0.2) is 0 Å². The Labute approximate surface area is 151 Å². The predicted octanol–water partition coefficient (Wildman–Crippen LogP) is 4.18. The molecule has 0 radical (unpaired) electrons. The number of phenols is 2. The third-order valence-corrected chi connectivity index (χ3v) is 4.52. The lowest BCUT2D eigenvalue weighted by Gasteiger charge is -2.38. The number of carbonyl (C=O) groups excluding carboxylic acids is 1. The molecule has 1 atom stereocenters. The number of para-hydroxylation sites is 1. The number of carbonyl (C=O) groups is 1. The van der Waals surface area contributed by atoms with Crippen LogP contribution in [0.25, 0.3) is 0 Å². The zero-order chi connectivity index (χ0) is 18.3. The predicted molar refractivity (Wildman–Crippen MR) is 101 cm³/mol. The van der Waals surface area contributed by atoms with Gasteiger partial charge in [-0.05, 0) is 48.9 Å². The van der Waals surface area contributed by atoms with Crippen molar-refractivity contribution >= 4 is 17.3 Å². The monoisotopic (exact) mass is 346 g/mol. The Kier molecular flexibility index (Phi) is 3.77. The summed E-state index contributed by atoms with van der Waals surface area (Å²) in [5.74, 6) is -0.259. The van der Waals surface area contributed by atoms with E-state index in [9.17, 15) is 15.0 Å². The van der Waals surface area contributed by atoms with Crippen LogP contribution in [0.15, 0.2) is 66.7 Å². The van der Waals surface area contributed by atoms with Crippen molar-refractivity contribution < 1.29 is 15.0 Å². The molecule has 0 bridgehead atoms. The summed E-state index contributed by atoms with van der Waals surface area (Å²) in [5.41, 5.74) is 3.55. The summed E-state index contributed by atoms with van der Waals surface area (Å²) in [5, 5.41) is 23.3. The number of nitrogens with one attached hydrogen (secondary N) is 1. The molecule has 5 heteroatoms. The van der Waals surface area contributed by atoms with Crippen molar-refractivity contribution in [1.82, 2.24) is 0 Å². The molecule has 0 aliphatic carbocycles. The Balaban J connectivity index is 1.90. The topological polar surface area (TPSA) is 72.8 Å². The Morgan fingerprint density at radius 3 is 2.54 bits per heavy atom. The van der Waals surface area contributed by atoms with Gasteiger partial charge < -0.3 is 15.5 Å². The number of aryl methyl sites for hydroxylation is 1. The Morgan fingerprint density at radius 2 is 1.77 bits per heavy atom. The molecule has 1 aliphatic rings. The number of amides is 1. The van der Waals surface area contributed by atoms with E-state index in [0.717, 1.165) is 11.3 Å². The van der Waals surface area contributed by atoms with Gasteiger partial charge in [-0.25, -0.2) is 0 Å². The van der Waals surface area contributed by atoms with Gasteiger partial charge in [0.2, 0.25) is 0 Å². The SMILES string of the molecule is Cc1cccc(N2C(=O)c3ccccc3N[C@@H]2c2ccc(O)cc2O)c1. The number of phenolic OH excluding ortho intramolecular Hbond substituents is 2. The maximum Gasteiger partial charge on any atom is 0.262 e. The summed E-state index contributed by atoms with van der Waals surface area (Å²) in [6.07, 6.45) is -0.597. The molecule has 0 spiro atoms. The first-order chi connectivity index (χ1) is 12.5. The van der Waals surface area contributed by atoms with Crippen LogP contribution in [0.5, 0.6) is 11.5 Å². The third-order valence-electron chi connectivity index (χ3n) is 4.52. The summed E-state index contributed by atoms with van der Waals surface area (Å²) < 4.78 is 0. The van der Waals surface area contributed by atoms with Crippen molar-refractivity contribution in [3.05, 3.63) is 83.4 Å². The van der Waals surface area contributed by atoms with Crippen molar-refractivity contribution in [2.24, 2.45) is 0 Å². The van der Waals surface area contributed by atoms with Crippen LogP contribution >= 0.6 is 0 Å². The van der Waals surface area contributed by atoms with Gasteiger partial charge in [-0.1, -0.05) is 24.3 Å². The first-order valence-corrected chi connectivity index (χ1v) is 8.32. The van der Waals surface area contributed by atoms with Crippen LogP contribution in [0.1, 0.15) is 27.7 Å². The van der Waals surface area contributed by atoms with E-state index < -0.39 is 6.17 Å². The number of rotatable bonds is 2. The number of hydrogen-bond donors (Lipinski definition) is 3. The van der Waals surface area contributed by atoms with Gasteiger partial charge in [0, 0.05) is 23.0 Å². The van der Waals surface area contributed by atoms with Crippen molar-refractivity contribution in [3.8, 4) is 11.5 Å². The van der Waals surface area contributed by atoms with Crippen LogP contribution in [0.3, 0.4) is 0 Å². The van der Waals surface area contributed by atoms with E-state index in [1.807, 2.05) is 49.4 Å². The number of fused-ring (bicyclic) bond motifs is 1. The fourth-order valence-electron chi connectivity index (χ4n) is 3.28. The summed E-state index contributed by atoms with van der Waals surface area (Å²) in [6, 6.07) is 19.3. The van der Waals surface area contributed by atoms with Gasteiger partial charge in [0.1, 0.15) is 17.7 Å². The average molecular weight is 346 g/mol. The third kappa shape index (κ3) is 2.63. The minimum atomic E-state index is -0.597. The highest BCUT2D eigenvalue weighted by atomic mass is 16.3. The highest BCUT2D eigenvalue weighted by Gasteiger charge is 2.35. The Bertz CT molecular complexity index is 1000. The first kappa shape index (κ1) is 16.0. The van der Waals surface area contributed by atoms with Gasteiger partial charge in [0.25, 0.3) is 5.91 Å². The van der Waals surface area contributed by atoms with E-state index in [-0.39, 0.29) is 17.4 Å². The molecule has 0 saturated carbocycles. The first-order valence-electron chi connectivity index (χ1n) is 8.32. The smallest absolute Gasteiger partial charge is 0.262 e. The molecular formula is C21H18N2O3. The molecule has 0 fully saturated rings. The van der Waals surface area contributed by atoms with Crippen LogP contribution in [-0.2, 0) is 0 Å². The van der Waals surface area contributed by atoms with Crippen molar-refractivity contribution in [2.45, 2.75) is 13.1 Å². The largest absolute Gasteiger partial charge is 0.508 e. The second kappa shape index (κ2) is 6.11. The molecule has 5 nitrogen and oxygen atoms in total. The van der Waals surface area contributed by atoms with E-state index in [1.165, 1.54) is 12.1 Å². The fraction of sp³-hybridized carbons (Fsp3) is 0.0952. The van der Waals surface area contributed by atoms with Gasteiger partial charge in [-0.15, -0.1) is 0 Å².